The van der Waals surface area contributed by atoms with E-state index in [1.165, 1.54) is 0 Å². The largest absolute Gasteiger partial charge is 0.382 e. The van der Waals surface area contributed by atoms with Gasteiger partial charge in [0.05, 0.1) is 19.2 Å². The highest BCUT2D eigenvalue weighted by Crippen LogP contribution is 2.06. The van der Waals surface area contributed by atoms with E-state index in [1.54, 1.807) is 13.4 Å². The van der Waals surface area contributed by atoms with E-state index in [-0.39, 0.29) is 6.04 Å². The first-order valence-corrected chi connectivity index (χ1v) is 5.73. The van der Waals surface area contributed by atoms with Crippen LogP contribution in [0.3, 0.4) is 0 Å². The smallest absolute Gasteiger partial charge is 0.141 e. The first-order chi connectivity index (χ1) is 7.65. The lowest BCUT2D eigenvalue weighted by Gasteiger charge is -2.14. The molecule has 1 aromatic rings. The topological polar surface area (TPSA) is 52.0 Å². The van der Waals surface area contributed by atoms with E-state index < -0.39 is 0 Å². The van der Waals surface area contributed by atoms with Crippen molar-refractivity contribution in [3.8, 4) is 0 Å². The third-order valence-electron chi connectivity index (χ3n) is 2.31. The van der Waals surface area contributed by atoms with Crippen LogP contribution in [0.2, 0.25) is 0 Å². The molecule has 0 amide bonds. The number of nitrogens with zero attached hydrogens (tertiary/aromatic N) is 3. The first kappa shape index (κ1) is 13.1. The number of methoxy groups -OCH3 is 1. The van der Waals surface area contributed by atoms with Crippen LogP contribution in [0.5, 0.6) is 0 Å². The fraction of sp³-hybridized carbons (Fsp3) is 0.818. The predicted octanol–water partition coefficient (Wildman–Crippen LogP) is 1.23. The fourth-order valence-electron chi connectivity index (χ4n) is 1.55. The minimum atomic E-state index is 0.225. The molecule has 1 heterocycles. The zero-order valence-electron chi connectivity index (χ0n) is 10.6. The number of rotatable bonds is 7. The van der Waals surface area contributed by atoms with Crippen molar-refractivity contribution in [3.05, 3.63) is 12.2 Å². The molecule has 1 atom stereocenters. The number of aromatic nitrogens is 3. The minimum absolute atomic E-state index is 0.225. The molecule has 0 aromatic carbocycles. The summed E-state index contributed by atoms with van der Waals surface area (Å²) in [5.74, 6) is 1.61. The normalized spacial score (nSPS) is 13.3. The SMILES string of the molecule is COCC(C)n1ncnc1CNCC(C)C. The van der Waals surface area contributed by atoms with E-state index in [9.17, 15) is 0 Å². The highest BCUT2D eigenvalue weighted by molar-refractivity contribution is 4.86. The lowest BCUT2D eigenvalue weighted by atomic mass is 10.2. The van der Waals surface area contributed by atoms with Crippen molar-refractivity contribution in [1.29, 1.82) is 0 Å². The predicted molar refractivity (Wildman–Crippen MR) is 63.2 cm³/mol. The highest BCUT2D eigenvalue weighted by Gasteiger charge is 2.10. The second kappa shape index (κ2) is 6.60. The molecular formula is C11H22N4O. The van der Waals surface area contributed by atoms with Gasteiger partial charge in [-0.05, 0) is 19.4 Å². The average Bonchev–Trinajstić information content (AvgIpc) is 2.66. The monoisotopic (exact) mass is 226 g/mol. The van der Waals surface area contributed by atoms with Crippen molar-refractivity contribution in [2.75, 3.05) is 20.3 Å². The Labute approximate surface area is 97.2 Å². The molecule has 5 heteroatoms. The molecule has 92 valence electrons. The number of ether oxygens (including phenoxy) is 1. The van der Waals surface area contributed by atoms with Crippen LogP contribution in [-0.2, 0) is 11.3 Å². The van der Waals surface area contributed by atoms with Crippen LogP contribution >= 0.6 is 0 Å². The van der Waals surface area contributed by atoms with Crippen molar-refractivity contribution < 1.29 is 4.74 Å². The Balaban J connectivity index is 2.50. The summed E-state index contributed by atoms with van der Waals surface area (Å²) in [4.78, 5) is 4.25. The maximum atomic E-state index is 5.12. The summed E-state index contributed by atoms with van der Waals surface area (Å²) < 4.78 is 7.03. The van der Waals surface area contributed by atoms with Crippen LogP contribution in [0.1, 0.15) is 32.6 Å². The van der Waals surface area contributed by atoms with Gasteiger partial charge < -0.3 is 10.1 Å². The molecule has 1 rings (SSSR count). The summed E-state index contributed by atoms with van der Waals surface area (Å²) in [6.45, 7) is 8.85. The summed E-state index contributed by atoms with van der Waals surface area (Å²) in [6, 6.07) is 0.225. The van der Waals surface area contributed by atoms with Crippen LogP contribution in [0.4, 0.5) is 0 Å². The highest BCUT2D eigenvalue weighted by atomic mass is 16.5. The molecule has 0 saturated carbocycles. The van der Waals surface area contributed by atoms with Gasteiger partial charge in [0.15, 0.2) is 0 Å². The zero-order chi connectivity index (χ0) is 12.0. The van der Waals surface area contributed by atoms with E-state index in [1.807, 2.05) is 4.68 Å². The Morgan fingerprint density at radius 1 is 1.44 bits per heavy atom. The Morgan fingerprint density at radius 3 is 2.81 bits per heavy atom. The standard InChI is InChI=1S/C11H22N4O/c1-9(2)5-12-6-11-13-8-14-15(11)10(3)7-16-4/h8-10,12H,5-7H2,1-4H3. The van der Waals surface area contributed by atoms with Crippen LogP contribution in [0.25, 0.3) is 0 Å². The molecule has 16 heavy (non-hydrogen) atoms. The van der Waals surface area contributed by atoms with Gasteiger partial charge in [-0.3, -0.25) is 0 Å². The molecule has 0 saturated heterocycles. The molecule has 0 aliphatic rings. The molecular weight excluding hydrogens is 204 g/mol. The summed E-state index contributed by atoms with van der Waals surface area (Å²) in [6.07, 6.45) is 1.60. The van der Waals surface area contributed by atoms with E-state index in [0.717, 1.165) is 18.9 Å². The van der Waals surface area contributed by atoms with Crippen LogP contribution in [-0.4, -0.2) is 35.0 Å². The van der Waals surface area contributed by atoms with E-state index in [0.29, 0.717) is 12.5 Å². The lowest BCUT2D eigenvalue weighted by Crippen LogP contribution is -2.23. The van der Waals surface area contributed by atoms with Gasteiger partial charge in [0.1, 0.15) is 12.2 Å². The second-order valence-electron chi connectivity index (χ2n) is 4.45. The fourth-order valence-corrected chi connectivity index (χ4v) is 1.55. The molecule has 0 aliphatic carbocycles. The molecule has 0 fully saturated rings. The maximum absolute atomic E-state index is 5.12. The molecule has 1 N–H and O–H groups in total. The molecule has 1 aromatic heterocycles. The first-order valence-electron chi connectivity index (χ1n) is 5.73. The summed E-state index contributed by atoms with van der Waals surface area (Å²) in [5.41, 5.74) is 0. The van der Waals surface area contributed by atoms with Crippen LogP contribution in [0.15, 0.2) is 6.33 Å². The number of nitrogens with one attached hydrogen (secondary N) is 1. The van der Waals surface area contributed by atoms with Crippen LogP contribution < -0.4 is 5.32 Å². The lowest BCUT2D eigenvalue weighted by molar-refractivity contribution is 0.155. The maximum Gasteiger partial charge on any atom is 0.141 e. The van der Waals surface area contributed by atoms with E-state index in [2.05, 4.69) is 36.2 Å². The van der Waals surface area contributed by atoms with Crippen molar-refractivity contribution in [2.45, 2.75) is 33.4 Å². The van der Waals surface area contributed by atoms with Gasteiger partial charge in [0.2, 0.25) is 0 Å². The third kappa shape index (κ3) is 3.90. The zero-order valence-corrected chi connectivity index (χ0v) is 10.6. The molecule has 5 nitrogen and oxygen atoms in total. The number of hydrogen-bond acceptors (Lipinski definition) is 4. The molecule has 0 bridgehead atoms. The van der Waals surface area contributed by atoms with Crippen molar-refractivity contribution in [2.24, 2.45) is 5.92 Å². The third-order valence-corrected chi connectivity index (χ3v) is 2.31. The Bertz CT molecular complexity index is 298. The van der Waals surface area contributed by atoms with Crippen LogP contribution in [0, 0.1) is 5.92 Å². The average molecular weight is 226 g/mol. The van der Waals surface area contributed by atoms with Gasteiger partial charge in [0, 0.05) is 7.11 Å². The van der Waals surface area contributed by atoms with Crippen molar-refractivity contribution >= 4 is 0 Å². The summed E-state index contributed by atoms with van der Waals surface area (Å²) in [7, 11) is 1.70. The van der Waals surface area contributed by atoms with Gasteiger partial charge in [0.25, 0.3) is 0 Å². The Morgan fingerprint density at radius 2 is 2.19 bits per heavy atom. The van der Waals surface area contributed by atoms with Gasteiger partial charge in [-0.15, -0.1) is 0 Å². The van der Waals surface area contributed by atoms with E-state index >= 15 is 0 Å². The summed E-state index contributed by atoms with van der Waals surface area (Å²) >= 11 is 0. The quantitative estimate of drug-likeness (QED) is 0.760. The van der Waals surface area contributed by atoms with Gasteiger partial charge >= 0.3 is 0 Å². The minimum Gasteiger partial charge on any atom is -0.382 e. The molecule has 0 radical (unpaired) electrons. The van der Waals surface area contributed by atoms with Gasteiger partial charge in [-0.25, -0.2) is 9.67 Å². The Kier molecular flexibility index (Phi) is 5.42. The summed E-state index contributed by atoms with van der Waals surface area (Å²) in [5, 5.41) is 7.58. The molecule has 1 unspecified atom stereocenters. The molecule has 0 aliphatic heterocycles. The Hall–Kier alpha value is -0.940. The number of hydrogen-bond donors (Lipinski definition) is 1. The molecule has 0 spiro atoms. The second-order valence-corrected chi connectivity index (χ2v) is 4.45. The van der Waals surface area contributed by atoms with E-state index in [4.69, 9.17) is 4.74 Å². The van der Waals surface area contributed by atoms with Gasteiger partial charge in [-0.2, -0.15) is 5.10 Å². The van der Waals surface area contributed by atoms with Crippen molar-refractivity contribution in [1.82, 2.24) is 20.1 Å². The van der Waals surface area contributed by atoms with Gasteiger partial charge in [-0.1, -0.05) is 13.8 Å². The van der Waals surface area contributed by atoms with Crippen molar-refractivity contribution in [3.63, 3.8) is 0 Å².